The number of pyridine rings is 2. The van der Waals surface area contributed by atoms with Gasteiger partial charge < -0.3 is 0 Å². The summed E-state index contributed by atoms with van der Waals surface area (Å²) in [5, 5.41) is 6.23. The van der Waals surface area contributed by atoms with Gasteiger partial charge in [-0.2, -0.15) is 5.10 Å². The lowest BCUT2D eigenvalue weighted by Gasteiger charge is -2.02. The Bertz CT molecular complexity index is 947. The van der Waals surface area contributed by atoms with Gasteiger partial charge in [0.15, 0.2) is 0 Å². The lowest BCUT2D eigenvalue weighted by atomic mass is 10.1. The molecule has 0 aliphatic heterocycles. The molecule has 0 aliphatic carbocycles. The van der Waals surface area contributed by atoms with Crippen molar-refractivity contribution in [2.45, 2.75) is 0 Å². The monoisotopic (exact) mass is 306 g/mol. The standard InChI is InChI=1S/C17H11ClN4/c18-15-4-2-8-20-17(15)12-5-6-16-13(9-12)11-22(21-16)14-3-1-7-19-10-14/h1-11H. The highest BCUT2D eigenvalue weighted by atomic mass is 35.5. The summed E-state index contributed by atoms with van der Waals surface area (Å²) >= 11 is 6.22. The van der Waals surface area contributed by atoms with Crippen molar-refractivity contribution in [3.8, 4) is 16.9 Å². The first kappa shape index (κ1) is 13.0. The zero-order chi connectivity index (χ0) is 14.9. The van der Waals surface area contributed by atoms with Crippen LogP contribution in [0.1, 0.15) is 0 Å². The number of hydrogen-bond donors (Lipinski definition) is 0. The molecule has 4 nitrogen and oxygen atoms in total. The minimum absolute atomic E-state index is 0.640. The Balaban J connectivity index is 1.84. The molecule has 4 rings (SSSR count). The van der Waals surface area contributed by atoms with Crippen LogP contribution in [0.3, 0.4) is 0 Å². The number of halogens is 1. The molecule has 0 aliphatic rings. The van der Waals surface area contributed by atoms with Gasteiger partial charge in [0.05, 0.1) is 28.1 Å². The summed E-state index contributed by atoms with van der Waals surface area (Å²) in [6.07, 6.45) is 7.24. The second-order valence-electron chi connectivity index (χ2n) is 4.89. The van der Waals surface area contributed by atoms with Crippen LogP contribution in [-0.4, -0.2) is 19.7 Å². The first-order valence-electron chi connectivity index (χ1n) is 6.82. The molecule has 0 amide bonds. The second kappa shape index (κ2) is 5.24. The van der Waals surface area contributed by atoms with Crippen LogP contribution in [0.25, 0.3) is 27.8 Å². The highest BCUT2D eigenvalue weighted by Crippen LogP contribution is 2.28. The fraction of sp³-hybridized carbons (Fsp3) is 0. The third-order valence-corrected chi connectivity index (χ3v) is 3.75. The molecule has 106 valence electrons. The summed E-state index contributed by atoms with van der Waals surface area (Å²) in [4.78, 5) is 8.47. The summed E-state index contributed by atoms with van der Waals surface area (Å²) in [5.41, 5.74) is 3.60. The third kappa shape index (κ3) is 2.23. The maximum absolute atomic E-state index is 6.22. The summed E-state index contributed by atoms with van der Waals surface area (Å²) in [7, 11) is 0. The predicted octanol–water partition coefficient (Wildman–Crippen LogP) is 4.14. The minimum atomic E-state index is 0.640. The van der Waals surface area contributed by atoms with E-state index in [1.807, 2.05) is 53.3 Å². The third-order valence-electron chi connectivity index (χ3n) is 3.45. The van der Waals surface area contributed by atoms with Gasteiger partial charge >= 0.3 is 0 Å². The number of aromatic nitrogens is 4. The van der Waals surface area contributed by atoms with E-state index < -0.39 is 0 Å². The molecule has 0 saturated carbocycles. The zero-order valence-electron chi connectivity index (χ0n) is 11.5. The van der Waals surface area contributed by atoms with Gasteiger partial charge in [-0.15, -0.1) is 0 Å². The lowest BCUT2D eigenvalue weighted by molar-refractivity contribution is 0.889. The largest absolute Gasteiger partial charge is 0.262 e. The maximum Gasteiger partial charge on any atom is 0.0928 e. The average Bonchev–Trinajstić information content (AvgIpc) is 2.99. The highest BCUT2D eigenvalue weighted by molar-refractivity contribution is 6.33. The molecule has 3 aromatic heterocycles. The fourth-order valence-corrected chi connectivity index (χ4v) is 2.62. The van der Waals surface area contributed by atoms with Gasteiger partial charge in [0, 0.05) is 29.5 Å². The van der Waals surface area contributed by atoms with Crippen LogP contribution in [0.2, 0.25) is 5.02 Å². The van der Waals surface area contributed by atoms with Crippen LogP contribution in [-0.2, 0) is 0 Å². The number of hydrogen-bond acceptors (Lipinski definition) is 3. The van der Waals surface area contributed by atoms with Gasteiger partial charge in [0.1, 0.15) is 0 Å². The van der Waals surface area contributed by atoms with Gasteiger partial charge in [-0.1, -0.05) is 17.7 Å². The summed E-state index contributed by atoms with van der Waals surface area (Å²) in [6, 6.07) is 13.5. The first-order valence-corrected chi connectivity index (χ1v) is 7.20. The number of fused-ring (bicyclic) bond motifs is 1. The molecule has 0 spiro atoms. The van der Waals surface area contributed by atoms with E-state index in [4.69, 9.17) is 11.6 Å². The molecule has 0 N–H and O–H groups in total. The Morgan fingerprint density at radius 1 is 1.00 bits per heavy atom. The maximum atomic E-state index is 6.22. The molecular formula is C17H11ClN4. The summed E-state index contributed by atoms with van der Waals surface area (Å²) < 4.78 is 1.82. The van der Waals surface area contributed by atoms with E-state index in [9.17, 15) is 0 Å². The van der Waals surface area contributed by atoms with Crippen LogP contribution >= 0.6 is 11.6 Å². The van der Waals surface area contributed by atoms with E-state index in [1.165, 1.54) is 0 Å². The van der Waals surface area contributed by atoms with E-state index in [1.54, 1.807) is 18.6 Å². The second-order valence-corrected chi connectivity index (χ2v) is 5.30. The molecule has 3 heterocycles. The topological polar surface area (TPSA) is 43.6 Å². The minimum Gasteiger partial charge on any atom is -0.262 e. The Kier molecular flexibility index (Phi) is 3.09. The number of benzene rings is 1. The SMILES string of the molecule is Clc1cccnc1-c1ccc2nn(-c3cccnc3)cc2c1. The Labute approximate surface area is 132 Å². The van der Waals surface area contributed by atoms with Gasteiger partial charge in [0.25, 0.3) is 0 Å². The van der Waals surface area contributed by atoms with Crippen LogP contribution in [0.4, 0.5) is 0 Å². The molecule has 0 radical (unpaired) electrons. The summed E-state index contributed by atoms with van der Waals surface area (Å²) in [6.45, 7) is 0. The van der Waals surface area contributed by atoms with Crippen LogP contribution in [0.15, 0.2) is 67.3 Å². The quantitative estimate of drug-likeness (QED) is 0.559. The predicted molar refractivity (Wildman–Crippen MR) is 87.1 cm³/mol. The highest BCUT2D eigenvalue weighted by Gasteiger charge is 2.08. The molecule has 1 aromatic carbocycles. The van der Waals surface area contributed by atoms with Crippen molar-refractivity contribution in [2.24, 2.45) is 0 Å². The molecule has 4 aromatic rings. The molecule has 5 heteroatoms. The van der Waals surface area contributed by atoms with Crippen LogP contribution in [0, 0.1) is 0 Å². The Morgan fingerprint density at radius 3 is 2.73 bits per heavy atom. The normalized spacial score (nSPS) is 11.0. The molecule has 0 bridgehead atoms. The van der Waals surface area contributed by atoms with Crippen molar-refractivity contribution >= 4 is 22.5 Å². The van der Waals surface area contributed by atoms with Crippen molar-refractivity contribution in [3.05, 3.63) is 72.3 Å². The van der Waals surface area contributed by atoms with Gasteiger partial charge in [0.2, 0.25) is 0 Å². The molecular weight excluding hydrogens is 296 g/mol. The fourth-order valence-electron chi connectivity index (χ4n) is 2.39. The molecule has 22 heavy (non-hydrogen) atoms. The number of rotatable bonds is 2. The average molecular weight is 307 g/mol. The zero-order valence-corrected chi connectivity index (χ0v) is 12.3. The van der Waals surface area contributed by atoms with Crippen molar-refractivity contribution in [1.82, 2.24) is 19.7 Å². The molecule has 0 fully saturated rings. The Morgan fingerprint density at radius 2 is 1.91 bits per heavy atom. The Hall–Kier alpha value is -2.72. The molecule has 0 unspecified atom stereocenters. The smallest absolute Gasteiger partial charge is 0.0928 e. The number of nitrogens with zero attached hydrogens (tertiary/aromatic N) is 4. The van der Waals surface area contributed by atoms with E-state index in [-0.39, 0.29) is 0 Å². The van der Waals surface area contributed by atoms with Crippen molar-refractivity contribution in [3.63, 3.8) is 0 Å². The molecule has 0 atom stereocenters. The van der Waals surface area contributed by atoms with Gasteiger partial charge in [-0.05, 0) is 36.4 Å². The summed E-state index contributed by atoms with van der Waals surface area (Å²) in [5.74, 6) is 0. The van der Waals surface area contributed by atoms with Crippen LogP contribution < -0.4 is 0 Å². The molecule has 0 saturated heterocycles. The van der Waals surface area contributed by atoms with Crippen LogP contribution in [0.5, 0.6) is 0 Å². The van der Waals surface area contributed by atoms with E-state index in [0.717, 1.165) is 27.8 Å². The lowest BCUT2D eigenvalue weighted by Crippen LogP contribution is -1.93. The van der Waals surface area contributed by atoms with E-state index in [0.29, 0.717) is 5.02 Å². The van der Waals surface area contributed by atoms with E-state index >= 15 is 0 Å². The van der Waals surface area contributed by atoms with Gasteiger partial charge in [-0.25, -0.2) is 4.68 Å². The van der Waals surface area contributed by atoms with Crippen molar-refractivity contribution in [2.75, 3.05) is 0 Å². The van der Waals surface area contributed by atoms with Crippen molar-refractivity contribution in [1.29, 1.82) is 0 Å². The van der Waals surface area contributed by atoms with Gasteiger partial charge in [-0.3, -0.25) is 9.97 Å². The first-order chi connectivity index (χ1) is 10.8. The van der Waals surface area contributed by atoms with Crippen molar-refractivity contribution < 1.29 is 0 Å². The van der Waals surface area contributed by atoms with E-state index in [2.05, 4.69) is 15.1 Å².